The molecule has 4 rings (SSSR count). The molecule has 0 aliphatic rings. The monoisotopic (exact) mass is 347 g/mol. The Bertz CT molecular complexity index is 1140. The van der Waals surface area contributed by atoms with Crippen molar-refractivity contribution in [1.29, 1.82) is 0 Å². The molecule has 0 aliphatic heterocycles. The van der Waals surface area contributed by atoms with Crippen LogP contribution in [0.15, 0.2) is 48.8 Å². The third kappa shape index (κ3) is 2.47. The Labute approximate surface area is 149 Å². The van der Waals surface area contributed by atoms with Gasteiger partial charge in [0.15, 0.2) is 0 Å². The average molecular weight is 347 g/mol. The van der Waals surface area contributed by atoms with Gasteiger partial charge in [-0.25, -0.2) is 9.97 Å². The van der Waals surface area contributed by atoms with E-state index in [0.717, 1.165) is 38.9 Å². The minimum absolute atomic E-state index is 0.0640. The topological polar surface area (TPSA) is 77.2 Å². The summed E-state index contributed by atoms with van der Waals surface area (Å²) < 4.78 is 7.32. The van der Waals surface area contributed by atoms with Gasteiger partial charge in [-0.2, -0.15) is 0 Å². The van der Waals surface area contributed by atoms with Gasteiger partial charge < -0.3 is 9.84 Å². The maximum atomic E-state index is 11.4. The van der Waals surface area contributed by atoms with Crippen LogP contribution in [0.3, 0.4) is 0 Å². The summed E-state index contributed by atoms with van der Waals surface area (Å²) in [4.78, 5) is 20.2. The lowest BCUT2D eigenvalue weighted by Gasteiger charge is -2.10. The minimum Gasteiger partial charge on any atom is -0.497 e. The summed E-state index contributed by atoms with van der Waals surface area (Å²) in [6.45, 7) is 1.92. The number of carbonyl (C=O) groups is 1. The molecule has 4 aromatic rings. The van der Waals surface area contributed by atoms with E-state index in [1.807, 2.05) is 54.0 Å². The van der Waals surface area contributed by atoms with Crippen molar-refractivity contribution >= 4 is 27.8 Å². The fourth-order valence-electron chi connectivity index (χ4n) is 3.41. The molecule has 26 heavy (non-hydrogen) atoms. The molecule has 0 saturated heterocycles. The second-order valence-electron chi connectivity index (χ2n) is 6.07. The van der Waals surface area contributed by atoms with Gasteiger partial charge in [0, 0.05) is 16.5 Å². The number of carboxylic acids is 1. The predicted molar refractivity (Wildman–Crippen MR) is 99.0 cm³/mol. The number of carboxylic acid groups (broad SMARTS) is 1. The van der Waals surface area contributed by atoms with Gasteiger partial charge in [0.25, 0.3) is 0 Å². The highest BCUT2D eigenvalue weighted by atomic mass is 16.5. The Kier molecular flexibility index (Phi) is 3.80. The number of methoxy groups -OCH3 is 1. The number of hydrogen-bond acceptors (Lipinski definition) is 4. The van der Waals surface area contributed by atoms with Crippen LogP contribution in [0, 0.1) is 6.92 Å². The van der Waals surface area contributed by atoms with Crippen LogP contribution in [0.5, 0.6) is 5.75 Å². The SMILES string of the molecule is COc1ccc2c(c1)c(CC(=O)O)c(C)n2-c1ncnc2ccccc12. The molecule has 0 spiro atoms. The molecule has 0 atom stereocenters. The molecular weight excluding hydrogens is 330 g/mol. The van der Waals surface area contributed by atoms with Crippen LogP contribution in [0.25, 0.3) is 27.6 Å². The highest BCUT2D eigenvalue weighted by Crippen LogP contribution is 2.33. The molecule has 2 heterocycles. The molecule has 0 saturated carbocycles. The molecule has 0 bridgehead atoms. The number of aliphatic carboxylic acids is 1. The summed E-state index contributed by atoms with van der Waals surface area (Å²) in [6, 6.07) is 13.5. The lowest BCUT2D eigenvalue weighted by atomic mass is 10.1. The molecule has 0 aliphatic carbocycles. The van der Waals surface area contributed by atoms with E-state index in [4.69, 9.17) is 4.74 Å². The van der Waals surface area contributed by atoms with Gasteiger partial charge in [-0.05, 0) is 42.8 Å². The lowest BCUT2D eigenvalue weighted by molar-refractivity contribution is -0.136. The number of para-hydroxylation sites is 1. The normalized spacial score (nSPS) is 11.2. The van der Waals surface area contributed by atoms with Gasteiger partial charge in [-0.3, -0.25) is 9.36 Å². The van der Waals surface area contributed by atoms with E-state index in [1.54, 1.807) is 7.11 Å². The Morgan fingerprint density at radius 3 is 2.73 bits per heavy atom. The quantitative estimate of drug-likeness (QED) is 0.611. The van der Waals surface area contributed by atoms with E-state index >= 15 is 0 Å². The molecule has 0 fully saturated rings. The van der Waals surface area contributed by atoms with Crippen molar-refractivity contribution < 1.29 is 14.6 Å². The van der Waals surface area contributed by atoms with Crippen LogP contribution in [0.1, 0.15) is 11.3 Å². The van der Waals surface area contributed by atoms with Crippen molar-refractivity contribution in [3.8, 4) is 11.6 Å². The van der Waals surface area contributed by atoms with Gasteiger partial charge in [0.2, 0.25) is 0 Å². The molecule has 0 unspecified atom stereocenters. The number of benzene rings is 2. The molecule has 130 valence electrons. The van der Waals surface area contributed by atoms with Gasteiger partial charge in [0.05, 0.1) is 24.6 Å². The van der Waals surface area contributed by atoms with Gasteiger partial charge >= 0.3 is 5.97 Å². The van der Waals surface area contributed by atoms with E-state index < -0.39 is 5.97 Å². The van der Waals surface area contributed by atoms with Crippen LogP contribution in [-0.4, -0.2) is 32.7 Å². The second kappa shape index (κ2) is 6.15. The van der Waals surface area contributed by atoms with Crippen molar-refractivity contribution in [3.05, 3.63) is 60.0 Å². The zero-order valence-electron chi connectivity index (χ0n) is 14.4. The fourth-order valence-corrected chi connectivity index (χ4v) is 3.41. The summed E-state index contributed by atoms with van der Waals surface area (Å²) in [5, 5.41) is 11.1. The van der Waals surface area contributed by atoms with Gasteiger partial charge in [-0.1, -0.05) is 12.1 Å². The second-order valence-corrected chi connectivity index (χ2v) is 6.07. The highest BCUT2D eigenvalue weighted by molar-refractivity contribution is 5.94. The first-order valence-electron chi connectivity index (χ1n) is 8.20. The predicted octanol–water partition coefficient (Wildman–Crippen LogP) is 3.52. The molecule has 2 aromatic heterocycles. The summed E-state index contributed by atoms with van der Waals surface area (Å²) in [5.74, 6) is 0.552. The number of nitrogens with zero attached hydrogens (tertiary/aromatic N) is 3. The first kappa shape index (κ1) is 16.1. The van der Waals surface area contributed by atoms with Crippen LogP contribution in [-0.2, 0) is 11.2 Å². The third-order valence-electron chi connectivity index (χ3n) is 4.60. The Morgan fingerprint density at radius 1 is 1.15 bits per heavy atom. The Morgan fingerprint density at radius 2 is 1.96 bits per heavy atom. The molecule has 2 aromatic carbocycles. The smallest absolute Gasteiger partial charge is 0.307 e. The number of ether oxygens (including phenoxy) is 1. The Hall–Kier alpha value is -3.41. The van der Waals surface area contributed by atoms with Crippen LogP contribution in [0.4, 0.5) is 0 Å². The molecule has 0 amide bonds. The summed E-state index contributed by atoms with van der Waals surface area (Å²) in [5.41, 5.74) is 3.34. The van der Waals surface area contributed by atoms with Crippen LogP contribution >= 0.6 is 0 Å². The van der Waals surface area contributed by atoms with Crippen molar-refractivity contribution in [2.24, 2.45) is 0 Å². The highest BCUT2D eigenvalue weighted by Gasteiger charge is 2.20. The molecule has 1 N–H and O–H groups in total. The van der Waals surface area contributed by atoms with E-state index in [0.29, 0.717) is 5.75 Å². The van der Waals surface area contributed by atoms with Gasteiger partial charge in [0.1, 0.15) is 17.9 Å². The maximum absolute atomic E-state index is 11.4. The average Bonchev–Trinajstić information content (AvgIpc) is 2.92. The van der Waals surface area contributed by atoms with Crippen molar-refractivity contribution in [1.82, 2.24) is 14.5 Å². The lowest BCUT2D eigenvalue weighted by Crippen LogP contribution is -2.04. The molecule has 6 nitrogen and oxygen atoms in total. The summed E-state index contributed by atoms with van der Waals surface area (Å²) in [7, 11) is 1.60. The number of hydrogen-bond donors (Lipinski definition) is 1. The van der Waals surface area contributed by atoms with Crippen molar-refractivity contribution in [2.75, 3.05) is 7.11 Å². The molecular formula is C20H17N3O3. The third-order valence-corrected chi connectivity index (χ3v) is 4.60. The van der Waals surface area contributed by atoms with Crippen LogP contribution < -0.4 is 4.74 Å². The van der Waals surface area contributed by atoms with E-state index in [2.05, 4.69) is 9.97 Å². The summed E-state index contributed by atoms with van der Waals surface area (Å²) in [6.07, 6.45) is 1.47. The van der Waals surface area contributed by atoms with E-state index in [9.17, 15) is 9.90 Å². The number of fused-ring (bicyclic) bond motifs is 2. The number of rotatable bonds is 4. The van der Waals surface area contributed by atoms with Crippen LogP contribution in [0.2, 0.25) is 0 Å². The van der Waals surface area contributed by atoms with Crippen molar-refractivity contribution in [3.63, 3.8) is 0 Å². The van der Waals surface area contributed by atoms with E-state index in [1.165, 1.54) is 6.33 Å². The molecule has 0 radical (unpaired) electrons. The number of aromatic nitrogens is 3. The largest absolute Gasteiger partial charge is 0.497 e. The molecule has 6 heteroatoms. The first-order valence-corrected chi connectivity index (χ1v) is 8.20. The standard InChI is InChI=1S/C20H17N3O3/c1-12-15(10-19(24)25)16-9-13(26-2)7-8-18(16)23(12)20-14-5-3-4-6-17(14)21-11-22-20/h3-9,11H,10H2,1-2H3,(H,24,25). The fraction of sp³-hybridized carbons (Fsp3) is 0.150. The summed E-state index contributed by atoms with van der Waals surface area (Å²) >= 11 is 0. The zero-order chi connectivity index (χ0) is 18.3. The van der Waals surface area contributed by atoms with E-state index in [-0.39, 0.29) is 6.42 Å². The first-order chi connectivity index (χ1) is 12.6. The Balaban J connectivity index is 2.09. The van der Waals surface area contributed by atoms with Crippen molar-refractivity contribution in [2.45, 2.75) is 13.3 Å². The van der Waals surface area contributed by atoms with Gasteiger partial charge in [-0.15, -0.1) is 0 Å². The zero-order valence-corrected chi connectivity index (χ0v) is 14.4. The minimum atomic E-state index is -0.873. The maximum Gasteiger partial charge on any atom is 0.307 e.